The van der Waals surface area contributed by atoms with Crippen LogP contribution >= 0.6 is 0 Å². The number of nitrogens with one attached hydrogen (secondary N) is 1. The van der Waals surface area contributed by atoms with Gasteiger partial charge in [0.05, 0.1) is 12.6 Å². The molecular weight excluding hydrogens is 296 g/mol. The normalized spacial score (nSPS) is 12.4. The Labute approximate surface area is 145 Å². The first-order valence-corrected chi connectivity index (χ1v) is 8.57. The molecule has 1 amide bonds. The molecule has 1 unspecified atom stereocenters. The lowest BCUT2D eigenvalue weighted by Crippen LogP contribution is -2.36. The molecule has 1 N–H and O–H groups in total. The van der Waals surface area contributed by atoms with Crippen LogP contribution in [0.4, 0.5) is 0 Å². The number of rotatable bonds is 7. The van der Waals surface area contributed by atoms with Crippen LogP contribution in [0.3, 0.4) is 0 Å². The van der Waals surface area contributed by atoms with Crippen molar-refractivity contribution in [3.05, 3.63) is 71.3 Å². The van der Waals surface area contributed by atoms with Gasteiger partial charge in [-0.05, 0) is 36.6 Å². The van der Waals surface area contributed by atoms with Crippen molar-refractivity contribution in [2.75, 3.05) is 13.6 Å². The van der Waals surface area contributed by atoms with E-state index in [9.17, 15) is 4.79 Å². The third kappa shape index (κ3) is 5.50. The van der Waals surface area contributed by atoms with Crippen LogP contribution in [-0.2, 0) is 11.3 Å². The van der Waals surface area contributed by atoms with E-state index in [2.05, 4.69) is 43.4 Å². The minimum Gasteiger partial charge on any atom is -0.348 e. The summed E-state index contributed by atoms with van der Waals surface area (Å²) in [6.45, 7) is 7.56. The Bertz CT molecular complexity index is 635. The topological polar surface area (TPSA) is 32.3 Å². The molecule has 0 saturated carbocycles. The van der Waals surface area contributed by atoms with E-state index >= 15 is 0 Å². The molecule has 0 aromatic heterocycles. The smallest absolute Gasteiger partial charge is 0.234 e. The number of benzene rings is 2. The van der Waals surface area contributed by atoms with Crippen LogP contribution in [0.15, 0.2) is 54.6 Å². The molecule has 0 spiro atoms. The van der Waals surface area contributed by atoms with Crippen molar-refractivity contribution in [3.8, 4) is 0 Å². The van der Waals surface area contributed by atoms with Crippen molar-refractivity contribution >= 4 is 5.91 Å². The Morgan fingerprint density at radius 1 is 0.958 bits per heavy atom. The van der Waals surface area contributed by atoms with Crippen LogP contribution in [0.5, 0.6) is 0 Å². The van der Waals surface area contributed by atoms with Crippen LogP contribution in [-0.4, -0.2) is 24.4 Å². The fourth-order valence-electron chi connectivity index (χ4n) is 2.73. The van der Waals surface area contributed by atoms with Gasteiger partial charge in [-0.25, -0.2) is 0 Å². The zero-order chi connectivity index (χ0) is 17.5. The summed E-state index contributed by atoms with van der Waals surface area (Å²) in [5, 5.41) is 3.06. The minimum absolute atomic E-state index is 0.0254. The Hall–Kier alpha value is -2.13. The first kappa shape index (κ1) is 18.2. The molecule has 2 rings (SSSR count). The number of amides is 1. The quantitative estimate of drug-likeness (QED) is 0.831. The molecule has 3 nitrogen and oxygen atoms in total. The Morgan fingerprint density at radius 2 is 1.58 bits per heavy atom. The van der Waals surface area contributed by atoms with Gasteiger partial charge in [0.2, 0.25) is 5.91 Å². The molecule has 2 aromatic carbocycles. The predicted molar refractivity (Wildman–Crippen MR) is 99.9 cm³/mol. The van der Waals surface area contributed by atoms with Gasteiger partial charge in [0.1, 0.15) is 0 Å². The van der Waals surface area contributed by atoms with Crippen LogP contribution in [0, 0.1) is 0 Å². The lowest BCUT2D eigenvalue weighted by atomic mass is 10.0. The monoisotopic (exact) mass is 324 g/mol. The Kier molecular flexibility index (Phi) is 6.56. The molecule has 1 atom stereocenters. The molecule has 0 aliphatic heterocycles. The van der Waals surface area contributed by atoms with Gasteiger partial charge < -0.3 is 5.32 Å². The lowest BCUT2D eigenvalue weighted by Gasteiger charge is -2.19. The van der Waals surface area contributed by atoms with E-state index in [1.165, 1.54) is 11.1 Å². The number of hydrogen-bond donors (Lipinski definition) is 1. The first-order valence-electron chi connectivity index (χ1n) is 8.57. The van der Waals surface area contributed by atoms with Crippen molar-refractivity contribution in [2.24, 2.45) is 0 Å². The number of hydrogen-bond acceptors (Lipinski definition) is 2. The van der Waals surface area contributed by atoms with Gasteiger partial charge in [-0.3, -0.25) is 9.69 Å². The Morgan fingerprint density at radius 3 is 2.17 bits per heavy atom. The highest BCUT2D eigenvalue weighted by molar-refractivity contribution is 5.78. The van der Waals surface area contributed by atoms with Gasteiger partial charge >= 0.3 is 0 Å². The maximum Gasteiger partial charge on any atom is 0.234 e. The van der Waals surface area contributed by atoms with Gasteiger partial charge in [-0.15, -0.1) is 0 Å². The molecular formula is C21H28N2O. The van der Waals surface area contributed by atoms with Gasteiger partial charge in [0, 0.05) is 6.54 Å². The maximum atomic E-state index is 12.2. The standard InChI is InChI=1S/C21H28N2O/c1-16(2)19-12-10-18(11-13-19)14-23(4)15-21(24)22-17(3)20-8-6-5-7-9-20/h5-13,16-17H,14-15H2,1-4H3,(H,22,24). The van der Waals surface area contributed by atoms with E-state index in [1.807, 2.05) is 49.2 Å². The van der Waals surface area contributed by atoms with Crippen LogP contribution in [0.2, 0.25) is 0 Å². The summed E-state index contributed by atoms with van der Waals surface area (Å²) in [7, 11) is 1.98. The molecule has 0 radical (unpaired) electrons. The van der Waals surface area contributed by atoms with Crippen molar-refractivity contribution in [1.29, 1.82) is 0 Å². The summed E-state index contributed by atoms with van der Waals surface area (Å²) in [5.74, 6) is 0.592. The maximum absolute atomic E-state index is 12.2. The van der Waals surface area contributed by atoms with Crippen molar-refractivity contribution in [3.63, 3.8) is 0 Å². The van der Waals surface area contributed by atoms with E-state index in [0.717, 1.165) is 12.1 Å². The summed E-state index contributed by atoms with van der Waals surface area (Å²) in [6, 6.07) is 18.7. The molecule has 0 bridgehead atoms. The SMILES string of the molecule is CC(C)c1ccc(CN(C)CC(=O)NC(C)c2ccccc2)cc1. The van der Waals surface area contributed by atoms with E-state index in [0.29, 0.717) is 12.5 Å². The molecule has 0 aliphatic rings. The second-order valence-corrected chi connectivity index (χ2v) is 6.77. The first-order chi connectivity index (χ1) is 11.5. The lowest BCUT2D eigenvalue weighted by molar-refractivity contribution is -0.122. The summed E-state index contributed by atoms with van der Waals surface area (Å²) in [6.07, 6.45) is 0. The fraction of sp³-hybridized carbons (Fsp3) is 0.381. The molecule has 2 aromatic rings. The largest absolute Gasteiger partial charge is 0.348 e. The third-order valence-corrected chi connectivity index (χ3v) is 4.19. The Balaban J connectivity index is 1.83. The second-order valence-electron chi connectivity index (χ2n) is 6.77. The summed E-state index contributed by atoms with van der Waals surface area (Å²) in [4.78, 5) is 14.3. The number of likely N-dealkylation sites (N-methyl/N-ethyl adjacent to an activating group) is 1. The van der Waals surface area contributed by atoms with Gasteiger partial charge in [0.15, 0.2) is 0 Å². The van der Waals surface area contributed by atoms with Crippen LogP contribution in [0.25, 0.3) is 0 Å². The van der Waals surface area contributed by atoms with Crippen molar-refractivity contribution in [2.45, 2.75) is 39.3 Å². The van der Waals surface area contributed by atoms with E-state index in [-0.39, 0.29) is 11.9 Å². The van der Waals surface area contributed by atoms with Crippen LogP contribution < -0.4 is 5.32 Å². The van der Waals surface area contributed by atoms with Gasteiger partial charge in [0.25, 0.3) is 0 Å². The molecule has 24 heavy (non-hydrogen) atoms. The molecule has 3 heteroatoms. The zero-order valence-electron chi connectivity index (χ0n) is 15.1. The average molecular weight is 324 g/mol. The molecule has 0 fully saturated rings. The van der Waals surface area contributed by atoms with E-state index < -0.39 is 0 Å². The molecule has 0 heterocycles. The zero-order valence-corrected chi connectivity index (χ0v) is 15.1. The molecule has 128 valence electrons. The molecule has 0 saturated heterocycles. The predicted octanol–water partition coefficient (Wildman–Crippen LogP) is 4.12. The number of carbonyl (C=O) groups is 1. The van der Waals surface area contributed by atoms with Gasteiger partial charge in [-0.1, -0.05) is 68.4 Å². The van der Waals surface area contributed by atoms with Gasteiger partial charge in [-0.2, -0.15) is 0 Å². The third-order valence-electron chi connectivity index (χ3n) is 4.19. The fourth-order valence-corrected chi connectivity index (χ4v) is 2.73. The number of carbonyl (C=O) groups excluding carboxylic acids is 1. The van der Waals surface area contributed by atoms with Crippen molar-refractivity contribution < 1.29 is 4.79 Å². The summed E-state index contributed by atoms with van der Waals surface area (Å²) >= 11 is 0. The van der Waals surface area contributed by atoms with E-state index in [4.69, 9.17) is 0 Å². The minimum atomic E-state index is 0.0254. The average Bonchev–Trinajstić information content (AvgIpc) is 2.55. The number of nitrogens with zero attached hydrogens (tertiary/aromatic N) is 1. The van der Waals surface area contributed by atoms with Crippen molar-refractivity contribution in [1.82, 2.24) is 10.2 Å². The highest BCUT2D eigenvalue weighted by Gasteiger charge is 2.11. The summed E-state index contributed by atoms with van der Waals surface area (Å²) < 4.78 is 0. The molecule has 0 aliphatic carbocycles. The summed E-state index contributed by atoms with van der Waals surface area (Å²) in [5.41, 5.74) is 3.69. The van der Waals surface area contributed by atoms with E-state index in [1.54, 1.807) is 0 Å². The van der Waals surface area contributed by atoms with Crippen LogP contribution in [0.1, 0.15) is 49.4 Å². The highest BCUT2D eigenvalue weighted by atomic mass is 16.2. The highest BCUT2D eigenvalue weighted by Crippen LogP contribution is 2.15. The second kappa shape index (κ2) is 8.65.